The predicted octanol–water partition coefficient (Wildman–Crippen LogP) is 16.2. The topological polar surface area (TPSA) is 0 Å². The van der Waals surface area contributed by atoms with Crippen molar-refractivity contribution in [3.05, 3.63) is 275 Å². The second kappa shape index (κ2) is 12.3. The Kier molecular flexibility index (Phi) is 6.64. The van der Waals surface area contributed by atoms with Gasteiger partial charge >= 0.3 is 0 Å². The zero-order valence-corrected chi connectivity index (χ0v) is 34.9. The molecule has 0 amide bonds. The summed E-state index contributed by atoms with van der Waals surface area (Å²) in [6.45, 7) is 0. The second-order valence-electron chi connectivity index (χ2n) is 18.2. The van der Waals surface area contributed by atoms with Crippen LogP contribution >= 0.6 is 0 Å². The molecule has 0 heterocycles. The van der Waals surface area contributed by atoms with Crippen molar-refractivity contribution in [1.82, 2.24) is 0 Å². The summed E-state index contributed by atoms with van der Waals surface area (Å²) in [4.78, 5) is 0. The summed E-state index contributed by atoms with van der Waals surface area (Å²) in [5.41, 5.74) is 14.2. The molecule has 0 N–H and O–H groups in total. The summed E-state index contributed by atoms with van der Waals surface area (Å²) >= 11 is 0. The Balaban J connectivity index is 1.22. The van der Waals surface area contributed by atoms with E-state index in [-0.39, 0.29) is 0 Å². The molecular formula is C64H38. The first-order valence-electron chi connectivity index (χ1n) is 22.6. The van der Waals surface area contributed by atoms with Gasteiger partial charge in [-0.05, 0) is 150 Å². The fourth-order valence-corrected chi connectivity index (χ4v) is 13.0. The number of hydrogen-bond donors (Lipinski definition) is 0. The molecule has 13 aromatic rings. The van der Waals surface area contributed by atoms with Crippen LogP contribution in [0.25, 0.3) is 86.9 Å². The predicted molar refractivity (Wildman–Crippen MR) is 268 cm³/mol. The van der Waals surface area contributed by atoms with Crippen molar-refractivity contribution >= 4 is 64.6 Å². The molecule has 0 radical (unpaired) electrons. The lowest BCUT2D eigenvalue weighted by molar-refractivity contribution is 0.723. The van der Waals surface area contributed by atoms with E-state index in [1.165, 1.54) is 131 Å². The van der Waals surface area contributed by atoms with Crippen molar-refractivity contribution in [2.24, 2.45) is 0 Å². The third-order valence-corrected chi connectivity index (χ3v) is 15.4. The summed E-state index contributed by atoms with van der Waals surface area (Å²) in [5.74, 6) is 0. The monoisotopic (exact) mass is 806 g/mol. The first-order valence-corrected chi connectivity index (χ1v) is 22.6. The number of benzene rings is 13. The summed E-state index contributed by atoms with van der Waals surface area (Å²) in [6, 6.07) is 88.5. The minimum atomic E-state index is -0.660. The maximum Gasteiger partial charge on any atom is 0.0714 e. The molecule has 13 aromatic carbocycles. The van der Waals surface area contributed by atoms with Crippen LogP contribution in [0.2, 0.25) is 0 Å². The summed E-state index contributed by atoms with van der Waals surface area (Å²) in [7, 11) is 0. The zero-order chi connectivity index (χ0) is 41.7. The maximum absolute atomic E-state index is 2.68. The first-order chi connectivity index (χ1) is 31.7. The average molecular weight is 807 g/mol. The molecule has 2 aliphatic carbocycles. The van der Waals surface area contributed by atoms with Gasteiger partial charge in [-0.25, -0.2) is 0 Å². The van der Waals surface area contributed by atoms with Crippen molar-refractivity contribution in [3.8, 4) is 22.3 Å². The molecule has 2 aliphatic rings. The molecular weight excluding hydrogens is 769 g/mol. The lowest BCUT2D eigenvalue weighted by Gasteiger charge is -2.46. The molecule has 0 aliphatic heterocycles. The summed E-state index contributed by atoms with van der Waals surface area (Å²) in [5, 5.41) is 15.8. The molecule has 0 spiro atoms. The van der Waals surface area contributed by atoms with Crippen molar-refractivity contribution in [2.45, 2.75) is 10.8 Å². The van der Waals surface area contributed by atoms with Gasteiger partial charge in [-0.1, -0.05) is 212 Å². The molecule has 0 aromatic heterocycles. The number of rotatable bonds is 4. The summed E-state index contributed by atoms with van der Waals surface area (Å²) < 4.78 is 0. The minimum Gasteiger partial charge on any atom is -0.0622 e. The Morgan fingerprint density at radius 1 is 0.188 bits per heavy atom. The second-order valence-corrected chi connectivity index (χ2v) is 18.2. The van der Waals surface area contributed by atoms with Gasteiger partial charge in [-0.3, -0.25) is 0 Å². The van der Waals surface area contributed by atoms with E-state index >= 15 is 0 Å². The molecule has 0 heteroatoms. The van der Waals surface area contributed by atoms with E-state index < -0.39 is 10.8 Å². The van der Waals surface area contributed by atoms with E-state index in [4.69, 9.17) is 0 Å². The van der Waals surface area contributed by atoms with Gasteiger partial charge in [0.15, 0.2) is 0 Å². The lowest BCUT2D eigenvalue weighted by atomic mass is 9.55. The molecule has 0 unspecified atom stereocenters. The SMILES string of the molecule is c1ccc(C2(c3ccccc3)c3cc4c(cc3-c3ccc5ccc6cccc7cc2c3c5c67)-c2ccc3ccc5cccc6cc(c2c3c56)C4(c2ccccc2)c2ccccc2)cc1. The van der Waals surface area contributed by atoms with Crippen LogP contribution in [0.4, 0.5) is 0 Å². The summed E-state index contributed by atoms with van der Waals surface area (Å²) in [6.07, 6.45) is 0. The Bertz CT molecular complexity index is 3690. The molecule has 0 bridgehead atoms. The molecule has 0 nitrogen and oxygen atoms in total. The van der Waals surface area contributed by atoms with Crippen LogP contribution in [0.3, 0.4) is 0 Å². The van der Waals surface area contributed by atoms with E-state index in [2.05, 4.69) is 231 Å². The molecule has 0 atom stereocenters. The first kappa shape index (κ1) is 34.5. The maximum atomic E-state index is 2.68. The molecule has 0 saturated carbocycles. The third kappa shape index (κ3) is 4.10. The van der Waals surface area contributed by atoms with Gasteiger partial charge in [-0.2, -0.15) is 0 Å². The van der Waals surface area contributed by atoms with E-state index in [0.717, 1.165) is 0 Å². The normalized spacial score (nSPS) is 14.5. The molecule has 64 heavy (non-hydrogen) atoms. The van der Waals surface area contributed by atoms with Gasteiger partial charge in [0.25, 0.3) is 0 Å². The number of fused-ring (bicyclic) bond motifs is 4. The highest BCUT2D eigenvalue weighted by Gasteiger charge is 2.50. The largest absolute Gasteiger partial charge is 0.0714 e. The highest BCUT2D eigenvalue weighted by atomic mass is 14.5. The van der Waals surface area contributed by atoms with Gasteiger partial charge in [0.1, 0.15) is 0 Å². The van der Waals surface area contributed by atoms with Gasteiger partial charge in [0.2, 0.25) is 0 Å². The van der Waals surface area contributed by atoms with Gasteiger partial charge in [0.05, 0.1) is 10.8 Å². The van der Waals surface area contributed by atoms with Gasteiger partial charge in [-0.15, -0.1) is 0 Å². The van der Waals surface area contributed by atoms with Gasteiger partial charge in [0, 0.05) is 0 Å². The van der Waals surface area contributed by atoms with E-state index in [1.807, 2.05) is 0 Å². The Labute approximate surface area is 371 Å². The minimum absolute atomic E-state index is 0.660. The molecule has 0 saturated heterocycles. The quantitative estimate of drug-likeness (QED) is 0.155. The van der Waals surface area contributed by atoms with Crippen LogP contribution in [-0.2, 0) is 10.8 Å². The Morgan fingerprint density at radius 3 is 0.891 bits per heavy atom. The number of hydrogen-bond acceptors (Lipinski definition) is 0. The fraction of sp³-hybridized carbons (Fsp3) is 0.0312. The molecule has 15 rings (SSSR count). The highest BCUT2D eigenvalue weighted by Crippen LogP contribution is 2.63. The van der Waals surface area contributed by atoms with Crippen LogP contribution in [0.1, 0.15) is 44.5 Å². The third-order valence-electron chi connectivity index (χ3n) is 15.4. The zero-order valence-electron chi connectivity index (χ0n) is 34.9. The Morgan fingerprint density at radius 2 is 0.516 bits per heavy atom. The lowest BCUT2D eigenvalue weighted by Crippen LogP contribution is -2.37. The van der Waals surface area contributed by atoms with E-state index in [9.17, 15) is 0 Å². The fourth-order valence-electron chi connectivity index (χ4n) is 13.0. The van der Waals surface area contributed by atoms with Crippen molar-refractivity contribution in [1.29, 1.82) is 0 Å². The average Bonchev–Trinajstić information content (AvgIpc) is 3.37. The smallest absolute Gasteiger partial charge is 0.0622 e. The van der Waals surface area contributed by atoms with Gasteiger partial charge < -0.3 is 0 Å². The van der Waals surface area contributed by atoms with E-state index in [0.29, 0.717) is 0 Å². The Hall–Kier alpha value is -8.06. The van der Waals surface area contributed by atoms with Crippen LogP contribution in [0.15, 0.2) is 231 Å². The van der Waals surface area contributed by atoms with Crippen LogP contribution in [0, 0.1) is 0 Å². The molecule has 294 valence electrons. The van der Waals surface area contributed by atoms with Crippen molar-refractivity contribution < 1.29 is 0 Å². The standard InChI is InChI=1S/C64H38/c1-5-19-45(20-6-1)63(46-21-7-2-8-22-46)53-38-54-52(37-51(53)49-33-31-41-29-27-39-15-13-17-43-35-55(63)61(49)59(41)57(39)43)50-34-32-42-30-28-40-16-14-18-44-36-56(62(50)60(42)58(40)44)64(54,47-23-9-3-10-24-47)48-25-11-4-12-26-48/h1-38H. The van der Waals surface area contributed by atoms with Crippen molar-refractivity contribution in [3.63, 3.8) is 0 Å². The van der Waals surface area contributed by atoms with Crippen LogP contribution in [0.5, 0.6) is 0 Å². The highest BCUT2D eigenvalue weighted by molar-refractivity contribution is 6.30. The van der Waals surface area contributed by atoms with Crippen LogP contribution < -0.4 is 0 Å². The van der Waals surface area contributed by atoms with Crippen molar-refractivity contribution in [2.75, 3.05) is 0 Å². The van der Waals surface area contributed by atoms with Crippen LogP contribution in [-0.4, -0.2) is 0 Å². The molecule has 0 fully saturated rings. The van der Waals surface area contributed by atoms with E-state index in [1.54, 1.807) is 0 Å².